The Kier molecular flexibility index (Phi) is 3.95. The zero-order valence-corrected chi connectivity index (χ0v) is 11.6. The molecule has 0 aliphatic heterocycles. The lowest BCUT2D eigenvalue weighted by atomic mass is 9.59. The van der Waals surface area contributed by atoms with Crippen LogP contribution in [-0.2, 0) is 4.74 Å². The molecule has 0 heterocycles. The van der Waals surface area contributed by atoms with Gasteiger partial charge in [-0.25, -0.2) is 0 Å². The highest BCUT2D eigenvalue weighted by Gasteiger charge is 2.54. The van der Waals surface area contributed by atoms with Gasteiger partial charge in [0.2, 0.25) is 0 Å². The van der Waals surface area contributed by atoms with Crippen molar-refractivity contribution in [1.82, 2.24) is 0 Å². The van der Waals surface area contributed by atoms with Gasteiger partial charge in [-0.1, -0.05) is 44.9 Å². The van der Waals surface area contributed by atoms with Crippen molar-refractivity contribution in [3.63, 3.8) is 0 Å². The summed E-state index contributed by atoms with van der Waals surface area (Å²) in [5.74, 6) is 0.945. The van der Waals surface area contributed by atoms with Gasteiger partial charge in [-0.2, -0.15) is 0 Å². The minimum atomic E-state index is -0.0793. The van der Waals surface area contributed by atoms with E-state index in [2.05, 4.69) is 0 Å². The number of hydrogen-bond acceptors (Lipinski definition) is 2. The lowest BCUT2D eigenvalue weighted by molar-refractivity contribution is -0.200. The van der Waals surface area contributed by atoms with Crippen LogP contribution < -0.4 is 0 Å². The molecule has 2 heteroatoms. The highest BCUT2D eigenvalue weighted by Crippen LogP contribution is 2.52. The first-order valence-electron chi connectivity index (χ1n) is 8.11. The third kappa shape index (κ3) is 2.34. The van der Waals surface area contributed by atoms with Crippen molar-refractivity contribution >= 4 is 0 Å². The average molecular weight is 252 g/mol. The van der Waals surface area contributed by atoms with Gasteiger partial charge in [-0.05, 0) is 25.2 Å². The quantitative estimate of drug-likeness (QED) is 0.827. The molecule has 104 valence electrons. The van der Waals surface area contributed by atoms with Crippen LogP contribution in [0, 0.1) is 11.3 Å². The van der Waals surface area contributed by atoms with Gasteiger partial charge in [-0.3, -0.25) is 0 Å². The molecule has 1 N–H and O–H groups in total. The Balaban J connectivity index is 1.48. The normalized spacial score (nSPS) is 35.8. The van der Waals surface area contributed by atoms with Crippen LogP contribution in [0.25, 0.3) is 0 Å². The summed E-state index contributed by atoms with van der Waals surface area (Å²) in [5, 5.41) is 10.2. The Morgan fingerprint density at radius 2 is 1.72 bits per heavy atom. The second-order valence-corrected chi connectivity index (χ2v) is 6.84. The first kappa shape index (κ1) is 12.9. The maximum Gasteiger partial charge on any atom is 0.0680 e. The van der Waals surface area contributed by atoms with Crippen molar-refractivity contribution in [3.05, 3.63) is 0 Å². The fraction of sp³-hybridized carbons (Fsp3) is 1.00. The summed E-state index contributed by atoms with van der Waals surface area (Å²) in [6, 6.07) is 0. The summed E-state index contributed by atoms with van der Waals surface area (Å²) >= 11 is 0. The van der Waals surface area contributed by atoms with Crippen LogP contribution in [0.15, 0.2) is 0 Å². The van der Waals surface area contributed by atoms with E-state index in [1.807, 2.05) is 0 Å². The van der Waals surface area contributed by atoms with Crippen molar-refractivity contribution in [3.8, 4) is 0 Å². The number of hydrogen-bond donors (Lipinski definition) is 1. The molecule has 2 unspecified atom stereocenters. The molecule has 3 rings (SSSR count). The highest BCUT2D eigenvalue weighted by atomic mass is 16.5. The molecule has 0 aromatic rings. The topological polar surface area (TPSA) is 29.5 Å². The molecule has 2 nitrogen and oxygen atoms in total. The van der Waals surface area contributed by atoms with Crippen LogP contribution in [0.5, 0.6) is 0 Å². The third-order valence-electron chi connectivity index (χ3n) is 5.85. The van der Waals surface area contributed by atoms with Gasteiger partial charge in [0.15, 0.2) is 0 Å². The van der Waals surface area contributed by atoms with Crippen LogP contribution in [0.3, 0.4) is 0 Å². The predicted octanol–water partition coefficient (Wildman–Crippen LogP) is 3.67. The summed E-state index contributed by atoms with van der Waals surface area (Å²) < 4.78 is 6.14. The fourth-order valence-corrected chi connectivity index (χ4v) is 4.16. The van der Waals surface area contributed by atoms with Gasteiger partial charge in [0, 0.05) is 18.4 Å². The monoisotopic (exact) mass is 252 g/mol. The first-order valence-corrected chi connectivity index (χ1v) is 8.11. The van der Waals surface area contributed by atoms with Gasteiger partial charge in [0.05, 0.1) is 12.2 Å². The molecule has 0 amide bonds. The van der Waals surface area contributed by atoms with E-state index in [0.29, 0.717) is 6.10 Å². The Morgan fingerprint density at radius 1 is 1.00 bits per heavy atom. The van der Waals surface area contributed by atoms with Crippen LogP contribution in [0.1, 0.15) is 70.6 Å². The molecule has 3 saturated carbocycles. The minimum absolute atomic E-state index is 0.0793. The van der Waals surface area contributed by atoms with E-state index in [1.54, 1.807) is 0 Å². The van der Waals surface area contributed by atoms with E-state index in [0.717, 1.165) is 18.9 Å². The summed E-state index contributed by atoms with van der Waals surface area (Å²) in [4.78, 5) is 0. The van der Waals surface area contributed by atoms with Gasteiger partial charge in [0.25, 0.3) is 0 Å². The molecule has 0 radical (unpaired) electrons. The number of aliphatic hydroxyl groups excluding tert-OH is 1. The van der Waals surface area contributed by atoms with Gasteiger partial charge >= 0.3 is 0 Å². The minimum Gasteiger partial charge on any atom is -0.392 e. The Hall–Kier alpha value is -0.0800. The summed E-state index contributed by atoms with van der Waals surface area (Å²) in [6.45, 7) is 0.934. The zero-order valence-electron chi connectivity index (χ0n) is 11.6. The summed E-state index contributed by atoms with van der Waals surface area (Å²) in [6.07, 6.45) is 14.4. The molecule has 3 aliphatic carbocycles. The lowest BCUT2D eigenvalue weighted by Gasteiger charge is -2.53. The molecule has 3 fully saturated rings. The van der Waals surface area contributed by atoms with Crippen molar-refractivity contribution in [2.45, 2.75) is 82.8 Å². The third-order valence-corrected chi connectivity index (χ3v) is 5.85. The average Bonchev–Trinajstić information content (AvgIpc) is 2.58. The molecule has 0 bridgehead atoms. The van der Waals surface area contributed by atoms with Crippen LogP contribution in [-0.4, -0.2) is 23.9 Å². The first-order chi connectivity index (χ1) is 8.81. The predicted molar refractivity (Wildman–Crippen MR) is 72.5 cm³/mol. The van der Waals surface area contributed by atoms with Crippen molar-refractivity contribution in [2.75, 3.05) is 6.61 Å². The smallest absolute Gasteiger partial charge is 0.0680 e. The molecule has 1 spiro atoms. The lowest BCUT2D eigenvalue weighted by Crippen LogP contribution is -2.58. The maximum atomic E-state index is 10.2. The van der Waals surface area contributed by atoms with Crippen LogP contribution in [0.4, 0.5) is 0 Å². The Labute approximate surface area is 111 Å². The van der Waals surface area contributed by atoms with E-state index < -0.39 is 0 Å². The fourth-order valence-electron chi connectivity index (χ4n) is 4.16. The standard InChI is InChI=1S/C16H28O2/c17-14-12-15(18-11-8-13-6-5-7-13)16(14)9-3-1-2-4-10-16/h13-15,17H,1-12H2. The second kappa shape index (κ2) is 5.50. The molecule has 18 heavy (non-hydrogen) atoms. The van der Waals surface area contributed by atoms with E-state index in [9.17, 15) is 5.11 Å². The van der Waals surface area contributed by atoms with Gasteiger partial charge in [-0.15, -0.1) is 0 Å². The molecular formula is C16H28O2. The zero-order chi connectivity index (χ0) is 12.4. The highest BCUT2D eigenvalue weighted by molar-refractivity contribution is 5.04. The Morgan fingerprint density at radius 3 is 2.28 bits per heavy atom. The molecule has 0 saturated heterocycles. The van der Waals surface area contributed by atoms with Crippen molar-refractivity contribution < 1.29 is 9.84 Å². The summed E-state index contributed by atoms with van der Waals surface area (Å²) in [7, 11) is 0. The molecule has 2 atom stereocenters. The van der Waals surface area contributed by atoms with Crippen molar-refractivity contribution in [2.24, 2.45) is 11.3 Å². The molecule has 0 aromatic heterocycles. The van der Waals surface area contributed by atoms with Crippen LogP contribution >= 0.6 is 0 Å². The SMILES string of the molecule is OC1CC(OCCC2CCC2)C12CCCCCC2. The maximum absolute atomic E-state index is 10.2. The van der Waals surface area contributed by atoms with Gasteiger partial charge < -0.3 is 9.84 Å². The van der Waals surface area contributed by atoms with E-state index >= 15 is 0 Å². The summed E-state index contributed by atoms with van der Waals surface area (Å²) in [5.41, 5.74) is 0.149. The largest absolute Gasteiger partial charge is 0.392 e. The second-order valence-electron chi connectivity index (χ2n) is 6.84. The molecule has 3 aliphatic rings. The molecule has 0 aromatic carbocycles. The van der Waals surface area contributed by atoms with E-state index in [4.69, 9.17) is 4.74 Å². The van der Waals surface area contributed by atoms with E-state index in [-0.39, 0.29) is 11.5 Å². The van der Waals surface area contributed by atoms with Crippen molar-refractivity contribution in [1.29, 1.82) is 0 Å². The molecular weight excluding hydrogens is 224 g/mol. The number of ether oxygens (including phenoxy) is 1. The van der Waals surface area contributed by atoms with Crippen LogP contribution in [0.2, 0.25) is 0 Å². The number of rotatable bonds is 4. The number of aliphatic hydroxyl groups is 1. The Bertz CT molecular complexity index is 264. The van der Waals surface area contributed by atoms with Gasteiger partial charge in [0.1, 0.15) is 0 Å². The van der Waals surface area contributed by atoms with E-state index in [1.165, 1.54) is 64.2 Å².